The number of hydrogen-bond acceptors (Lipinski definition) is 3. The van der Waals surface area contributed by atoms with Crippen LogP contribution in [0.2, 0.25) is 10.0 Å². The van der Waals surface area contributed by atoms with Gasteiger partial charge in [0.1, 0.15) is 11.8 Å². The second-order valence-corrected chi connectivity index (χ2v) is 8.75. The van der Waals surface area contributed by atoms with Crippen molar-refractivity contribution in [1.29, 1.82) is 0 Å². The highest BCUT2D eigenvalue weighted by Crippen LogP contribution is 2.24. The zero-order chi connectivity index (χ0) is 23.1. The Bertz CT molecular complexity index is 931. The van der Waals surface area contributed by atoms with E-state index in [-0.39, 0.29) is 31.0 Å². The van der Waals surface area contributed by atoms with Gasteiger partial charge in [-0.1, -0.05) is 48.3 Å². The molecule has 0 radical (unpaired) electrons. The van der Waals surface area contributed by atoms with E-state index in [1.54, 1.807) is 18.2 Å². The first kappa shape index (κ1) is 25.0. The highest BCUT2D eigenvalue weighted by molar-refractivity contribution is 6.35. The van der Waals surface area contributed by atoms with E-state index in [4.69, 9.17) is 27.9 Å². The van der Waals surface area contributed by atoms with Crippen molar-refractivity contribution in [2.45, 2.75) is 59.7 Å². The van der Waals surface area contributed by atoms with Crippen molar-refractivity contribution in [3.8, 4) is 5.75 Å². The van der Waals surface area contributed by atoms with Crippen LogP contribution in [0.5, 0.6) is 5.75 Å². The second kappa shape index (κ2) is 11.4. The van der Waals surface area contributed by atoms with Gasteiger partial charge in [0, 0.05) is 22.6 Å². The molecule has 0 aliphatic carbocycles. The summed E-state index contributed by atoms with van der Waals surface area (Å²) in [4.78, 5) is 27.6. The average Bonchev–Trinajstić information content (AvgIpc) is 2.69. The maximum atomic E-state index is 13.2. The van der Waals surface area contributed by atoms with E-state index in [2.05, 4.69) is 5.32 Å². The van der Waals surface area contributed by atoms with Crippen LogP contribution in [0.25, 0.3) is 0 Å². The van der Waals surface area contributed by atoms with Gasteiger partial charge in [-0.25, -0.2) is 0 Å². The van der Waals surface area contributed by atoms with Gasteiger partial charge in [0.25, 0.3) is 5.91 Å². The normalized spacial score (nSPS) is 11.9. The van der Waals surface area contributed by atoms with E-state index in [0.717, 1.165) is 11.1 Å². The summed E-state index contributed by atoms with van der Waals surface area (Å²) in [5.74, 6) is 0.151. The minimum absolute atomic E-state index is 0.0381. The number of rotatable bonds is 9. The molecule has 0 aliphatic heterocycles. The summed E-state index contributed by atoms with van der Waals surface area (Å²) in [5, 5.41) is 3.85. The lowest BCUT2D eigenvalue weighted by molar-refractivity contribution is -0.143. The Morgan fingerprint density at radius 2 is 1.81 bits per heavy atom. The van der Waals surface area contributed by atoms with Crippen LogP contribution in [0, 0.1) is 13.8 Å². The summed E-state index contributed by atoms with van der Waals surface area (Å²) in [6.45, 7) is 9.53. The molecule has 2 rings (SSSR count). The number of carbonyl (C=O) groups excluding carboxylic acids is 2. The molecule has 2 aromatic carbocycles. The van der Waals surface area contributed by atoms with Gasteiger partial charge in [-0.05, 0) is 69.0 Å². The van der Waals surface area contributed by atoms with Crippen molar-refractivity contribution in [2.75, 3.05) is 6.61 Å². The molecule has 1 N–H and O–H groups in total. The standard InChI is InChI=1S/C24H30Cl2N2O3/c1-6-21(24(30)27-15(2)3)28(13-18-9-10-19(25)12-20(18)26)23(29)14-31-22-11-16(4)7-8-17(22)5/h7-12,15,21H,6,13-14H2,1-5H3,(H,27,30)/t21-/m1/s1. The molecular weight excluding hydrogens is 435 g/mol. The van der Waals surface area contributed by atoms with E-state index < -0.39 is 6.04 Å². The smallest absolute Gasteiger partial charge is 0.261 e. The van der Waals surface area contributed by atoms with E-state index in [9.17, 15) is 9.59 Å². The largest absolute Gasteiger partial charge is 0.483 e. The molecule has 168 valence electrons. The second-order valence-electron chi connectivity index (χ2n) is 7.90. The lowest BCUT2D eigenvalue weighted by Crippen LogP contribution is -2.51. The topological polar surface area (TPSA) is 58.6 Å². The molecule has 2 amide bonds. The summed E-state index contributed by atoms with van der Waals surface area (Å²) in [7, 11) is 0. The first-order valence-corrected chi connectivity index (χ1v) is 11.1. The third-order valence-electron chi connectivity index (χ3n) is 4.87. The van der Waals surface area contributed by atoms with Crippen molar-refractivity contribution in [2.24, 2.45) is 0 Å². The molecular formula is C24H30Cl2N2O3. The van der Waals surface area contributed by atoms with Gasteiger partial charge in [-0.3, -0.25) is 9.59 Å². The molecule has 0 saturated heterocycles. The molecule has 31 heavy (non-hydrogen) atoms. The zero-order valence-corrected chi connectivity index (χ0v) is 20.2. The Labute approximate surface area is 194 Å². The molecule has 5 nitrogen and oxygen atoms in total. The Hall–Kier alpha value is -2.24. The molecule has 2 aromatic rings. The Morgan fingerprint density at radius 1 is 1.10 bits per heavy atom. The molecule has 0 heterocycles. The van der Waals surface area contributed by atoms with Gasteiger partial charge in [0.05, 0.1) is 0 Å². The van der Waals surface area contributed by atoms with Crippen molar-refractivity contribution in [3.05, 3.63) is 63.1 Å². The van der Waals surface area contributed by atoms with Crippen LogP contribution in [0.1, 0.15) is 43.9 Å². The fourth-order valence-corrected chi connectivity index (χ4v) is 3.69. The van der Waals surface area contributed by atoms with Crippen molar-refractivity contribution in [3.63, 3.8) is 0 Å². The number of amides is 2. The Kier molecular flexibility index (Phi) is 9.20. The van der Waals surface area contributed by atoms with Crippen LogP contribution in [0.15, 0.2) is 36.4 Å². The van der Waals surface area contributed by atoms with E-state index >= 15 is 0 Å². The number of benzene rings is 2. The molecule has 0 bridgehead atoms. The molecule has 0 aromatic heterocycles. The minimum Gasteiger partial charge on any atom is -0.483 e. The first-order chi connectivity index (χ1) is 14.6. The number of halogens is 2. The number of ether oxygens (including phenoxy) is 1. The zero-order valence-electron chi connectivity index (χ0n) is 18.7. The van der Waals surface area contributed by atoms with Crippen molar-refractivity contribution >= 4 is 35.0 Å². The molecule has 0 unspecified atom stereocenters. The van der Waals surface area contributed by atoms with Crippen molar-refractivity contribution < 1.29 is 14.3 Å². The van der Waals surface area contributed by atoms with Gasteiger partial charge in [-0.2, -0.15) is 0 Å². The van der Waals surface area contributed by atoms with Crippen LogP contribution < -0.4 is 10.1 Å². The summed E-state index contributed by atoms with van der Waals surface area (Å²) in [5.41, 5.74) is 2.69. The lowest BCUT2D eigenvalue weighted by Gasteiger charge is -2.31. The number of aryl methyl sites for hydroxylation is 2. The van der Waals surface area contributed by atoms with E-state index in [1.165, 1.54) is 4.90 Å². The first-order valence-electron chi connectivity index (χ1n) is 10.4. The summed E-state index contributed by atoms with van der Waals surface area (Å²) >= 11 is 12.4. The van der Waals surface area contributed by atoms with Gasteiger partial charge < -0.3 is 15.0 Å². The maximum Gasteiger partial charge on any atom is 0.261 e. The van der Waals surface area contributed by atoms with Crippen LogP contribution in [-0.2, 0) is 16.1 Å². The van der Waals surface area contributed by atoms with Gasteiger partial charge in [0.15, 0.2) is 6.61 Å². The van der Waals surface area contributed by atoms with Crippen molar-refractivity contribution in [1.82, 2.24) is 10.2 Å². The van der Waals surface area contributed by atoms with Crippen LogP contribution in [-0.4, -0.2) is 35.4 Å². The third kappa shape index (κ3) is 7.15. The lowest BCUT2D eigenvalue weighted by atomic mass is 10.1. The number of nitrogens with zero attached hydrogens (tertiary/aromatic N) is 1. The van der Waals surface area contributed by atoms with E-state index in [0.29, 0.717) is 27.8 Å². The SMILES string of the molecule is CC[C@H](C(=O)NC(C)C)N(Cc1ccc(Cl)cc1Cl)C(=O)COc1cc(C)ccc1C. The van der Waals surface area contributed by atoms with Gasteiger partial charge in [0.2, 0.25) is 5.91 Å². The fraction of sp³-hybridized carbons (Fsp3) is 0.417. The fourth-order valence-electron chi connectivity index (χ4n) is 3.22. The predicted octanol–water partition coefficient (Wildman–Crippen LogP) is 5.32. The molecule has 0 saturated carbocycles. The third-order valence-corrected chi connectivity index (χ3v) is 5.45. The molecule has 0 spiro atoms. The minimum atomic E-state index is -0.649. The number of carbonyl (C=O) groups is 2. The van der Waals surface area contributed by atoms with Crippen LogP contribution in [0.3, 0.4) is 0 Å². The van der Waals surface area contributed by atoms with Gasteiger partial charge in [-0.15, -0.1) is 0 Å². The molecule has 0 fully saturated rings. The van der Waals surface area contributed by atoms with Crippen LogP contribution >= 0.6 is 23.2 Å². The average molecular weight is 465 g/mol. The molecule has 7 heteroatoms. The monoisotopic (exact) mass is 464 g/mol. The molecule has 0 aliphatic rings. The summed E-state index contributed by atoms with van der Waals surface area (Å²) < 4.78 is 5.83. The highest BCUT2D eigenvalue weighted by atomic mass is 35.5. The highest BCUT2D eigenvalue weighted by Gasteiger charge is 2.29. The maximum absolute atomic E-state index is 13.2. The summed E-state index contributed by atoms with van der Waals surface area (Å²) in [6.07, 6.45) is 0.457. The van der Waals surface area contributed by atoms with E-state index in [1.807, 2.05) is 52.8 Å². The summed E-state index contributed by atoms with van der Waals surface area (Å²) in [6, 6.07) is 10.3. The van der Waals surface area contributed by atoms with Crippen LogP contribution in [0.4, 0.5) is 0 Å². The van der Waals surface area contributed by atoms with Gasteiger partial charge >= 0.3 is 0 Å². The predicted molar refractivity (Wildman–Crippen MR) is 126 cm³/mol. The Morgan fingerprint density at radius 3 is 2.42 bits per heavy atom. The number of hydrogen-bond donors (Lipinski definition) is 1. The quantitative estimate of drug-likeness (QED) is 0.545. The number of nitrogens with one attached hydrogen (secondary N) is 1. The molecule has 1 atom stereocenters. The Balaban J connectivity index is 2.29.